The predicted molar refractivity (Wildman–Crippen MR) is 65.3 cm³/mol. The normalized spacial score (nSPS) is 17.1. The first-order chi connectivity index (χ1) is 7.19. The van der Waals surface area contributed by atoms with Gasteiger partial charge in [-0.1, -0.05) is 11.8 Å². The van der Waals surface area contributed by atoms with Crippen molar-refractivity contribution in [2.24, 2.45) is 4.99 Å². The molecule has 0 aliphatic carbocycles. The van der Waals surface area contributed by atoms with Gasteiger partial charge >= 0.3 is 0 Å². The summed E-state index contributed by atoms with van der Waals surface area (Å²) in [6.07, 6.45) is 0. The van der Waals surface area contributed by atoms with E-state index in [1.807, 2.05) is 25.7 Å². The van der Waals surface area contributed by atoms with Crippen molar-refractivity contribution in [3.63, 3.8) is 0 Å². The summed E-state index contributed by atoms with van der Waals surface area (Å²) in [5.41, 5.74) is 0. The fourth-order valence-electron chi connectivity index (χ4n) is 1.48. The molecule has 0 spiro atoms. The van der Waals surface area contributed by atoms with Crippen molar-refractivity contribution in [3.05, 3.63) is 0 Å². The zero-order valence-electron chi connectivity index (χ0n) is 9.62. The second-order valence-corrected chi connectivity index (χ2v) is 4.50. The van der Waals surface area contributed by atoms with E-state index in [0.717, 1.165) is 30.6 Å². The Bertz CT molecular complexity index is 251. The molecule has 1 N–H and O–H groups in total. The van der Waals surface area contributed by atoms with Crippen LogP contribution < -0.4 is 5.32 Å². The number of amides is 1. The highest BCUT2D eigenvalue weighted by Gasteiger charge is 2.20. The second-order valence-electron chi connectivity index (χ2n) is 3.41. The van der Waals surface area contributed by atoms with Crippen LogP contribution >= 0.6 is 11.8 Å². The molecule has 5 heteroatoms. The molecule has 0 aromatic carbocycles. The Balaban J connectivity index is 2.44. The van der Waals surface area contributed by atoms with E-state index in [2.05, 4.69) is 10.3 Å². The molecular weight excluding hydrogens is 210 g/mol. The number of carbonyl (C=O) groups excluding carboxylic acids is 1. The van der Waals surface area contributed by atoms with Crippen LogP contribution in [0.4, 0.5) is 0 Å². The highest BCUT2D eigenvalue weighted by atomic mass is 32.2. The average Bonchev–Trinajstić information content (AvgIpc) is 2.72. The average molecular weight is 229 g/mol. The molecule has 0 aromatic rings. The van der Waals surface area contributed by atoms with E-state index in [1.54, 1.807) is 11.8 Å². The molecule has 0 saturated carbocycles. The molecular formula is C10H19N3OS. The Hall–Kier alpha value is -0.710. The number of nitrogens with one attached hydrogen (secondary N) is 1. The van der Waals surface area contributed by atoms with Crippen molar-refractivity contribution < 1.29 is 4.79 Å². The monoisotopic (exact) mass is 229 g/mol. The number of aliphatic imine (C=N–C) groups is 1. The number of hydrogen-bond acceptors (Lipinski definition) is 4. The zero-order valence-corrected chi connectivity index (χ0v) is 10.4. The van der Waals surface area contributed by atoms with Gasteiger partial charge < -0.3 is 10.2 Å². The summed E-state index contributed by atoms with van der Waals surface area (Å²) >= 11 is 1.68. The van der Waals surface area contributed by atoms with Crippen LogP contribution in [0.25, 0.3) is 0 Å². The second kappa shape index (κ2) is 6.00. The molecule has 0 saturated heterocycles. The van der Waals surface area contributed by atoms with Crippen molar-refractivity contribution in [1.82, 2.24) is 10.2 Å². The summed E-state index contributed by atoms with van der Waals surface area (Å²) in [6.45, 7) is 8.27. The van der Waals surface area contributed by atoms with Crippen molar-refractivity contribution in [3.8, 4) is 0 Å². The molecule has 0 aromatic heterocycles. The first-order valence-corrected chi connectivity index (χ1v) is 6.40. The number of nitrogens with zero attached hydrogens (tertiary/aromatic N) is 2. The lowest BCUT2D eigenvalue weighted by molar-refractivity contribution is -0.132. The van der Waals surface area contributed by atoms with Gasteiger partial charge in [-0.25, -0.2) is 0 Å². The van der Waals surface area contributed by atoms with Gasteiger partial charge in [-0.3, -0.25) is 9.79 Å². The molecule has 1 rings (SSSR count). The van der Waals surface area contributed by atoms with E-state index in [1.165, 1.54) is 0 Å². The van der Waals surface area contributed by atoms with Gasteiger partial charge in [-0.2, -0.15) is 0 Å². The van der Waals surface area contributed by atoms with E-state index in [4.69, 9.17) is 0 Å². The van der Waals surface area contributed by atoms with Gasteiger partial charge in [0.05, 0.1) is 6.54 Å². The maximum absolute atomic E-state index is 11.9. The molecule has 4 nitrogen and oxygen atoms in total. The van der Waals surface area contributed by atoms with Crippen LogP contribution in [0, 0.1) is 0 Å². The Morgan fingerprint density at radius 1 is 1.60 bits per heavy atom. The van der Waals surface area contributed by atoms with Crippen molar-refractivity contribution in [2.75, 3.05) is 25.4 Å². The molecule has 1 aliphatic heterocycles. The standard InChI is InChI=1S/C10H19N3OS/c1-4-13(5-2)9(14)8(3)12-10-11-6-7-15-10/h8H,4-7H2,1-3H3,(H,11,12). The van der Waals surface area contributed by atoms with Crippen LogP contribution in [0.15, 0.2) is 4.99 Å². The number of likely N-dealkylation sites (N-methyl/N-ethyl adjacent to an activating group) is 1. The lowest BCUT2D eigenvalue weighted by Crippen LogP contribution is -2.46. The fraction of sp³-hybridized carbons (Fsp3) is 0.800. The number of rotatable bonds is 4. The van der Waals surface area contributed by atoms with Crippen LogP contribution in [0.2, 0.25) is 0 Å². The molecule has 1 amide bonds. The maximum Gasteiger partial charge on any atom is 0.244 e. The minimum Gasteiger partial charge on any atom is -0.353 e. The summed E-state index contributed by atoms with van der Waals surface area (Å²) in [4.78, 5) is 18.0. The smallest absolute Gasteiger partial charge is 0.244 e. The highest BCUT2D eigenvalue weighted by molar-refractivity contribution is 8.14. The minimum atomic E-state index is -0.172. The van der Waals surface area contributed by atoms with E-state index in [-0.39, 0.29) is 11.9 Å². The Labute approximate surface area is 95.5 Å². The Morgan fingerprint density at radius 2 is 2.27 bits per heavy atom. The number of hydrogen-bond donors (Lipinski definition) is 1. The first kappa shape index (κ1) is 12.4. The van der Waals surface area contributed by atoms with Gasteiger partial charge in [0, 0.05) is 18.8 Å². The van der Waals surface area contributed by atoms with E-state index in [0.29, 0.717) is 0 Å². The summed E-state index contributed by atoms with van der Waals surface area (Å²) in [5, 5.41) is 4.06. The van der Waals surface area contributed by atoms with E-state index in [9.17, 15) is 4.79 Å². The highest BCUT2D eigenvalue weighted by Crippen LogP contribution is 2.10. The number of thioether (sulfide) groups is 1. The van der Waals surface area contributed by atoms with Crippen molar-refractivity contribution in [1.29, 1.82) is 0 Å². The Morgan fingerprint density at radius 3 is 2.73 bits per heavy atom. The van der Waals surface area contributed by atoms with Crippen LogP contribution in [0.1, 0.15) is 20.8 Å². The molecule has 0 radical (unpaired) electrons. The van der Waals surface area contributed by atoms with E-state index >= 15 is 0 Å². The van der Waals surface area contributed by atoms with Gasteiger partial charge in [0.2, 0.25) is 5.91 Å². The van der Waals surface area contributed by atoms with Crippen LogP contribution in [0.3, 0.4) is 0 Å². The third-order valence-corrected chi connectivity index (χ3v) is 3.28. The molecule has 86 valence electrons. The van der Waals surface area contributed by atoms with Crippen molar-refractivity contribution >= 4 is 22.8 Å². The summed E-state index contributed by atoms with van der Waals surface area (Å²) in [7, 11) is 0. The molecule has 1 aliphatic rings. The fourth-order valence-corrected chi connectivity index (χ4v) is 2.30. The van der Waals surface area contributed by atoms with Crippen LogP contribution in [0.5, 0.6) is 0 Å². The lowest BCUT2D eigenvalue weighted by atomic mass is 10.3. The molecule has 15 heavy (non-hydrogen) atoms. The SMILES string of the molecule is CCN(CC)C(=O)C(C)NC1=NCCS1. The molecule has 0 bridgehead atoms. The van der Waals surface area contributed by atoms with Crippen LogP contribution in [-0.2, 0) is 4.79 Å². The predicted octanol–water partition coefficient (Wildman–Crippen LogP) is 0.936. The quantitative estimate of drug-likeness (QED) is 0.780. The summed E-state index contributed by atoms with van der Waals surface area (Å²) < 4.78 is 0. The van der Waals surface area contributed by atoms with Gasteiger partial charge in [-0.05, 0) is 20.8 Å². The first-order valence-electron chi connectivity index (χ1n) is 5.41. The van der Waals surface area contributed by atoms with E-state index < -0.39 is 0 Å². The zero-order chi connectivity index (χ0) is 11.3. The third-order valence-electron chi connectivity index (χ3n) is 2.37. The van der Waals surface area contributed by atoms with Crippen LogP contribution in [-0.4, -0.2) is 47.4 Å². The number of amidine groups is 1. The van der Waals surface area contributed by atoms with Gasteiger partial charge in [-0.15, -0.1) is 0 Å². The maximum atomic E-state index is 11.9. The summed E-state index contributed by atoms with van der Waals surface area (Å²) in [6, 6.07) is -0.172. The molecule has 0 fully saturated rings. The Kier molecular flexibility index (Phi) is 4.94. The topological polar surface area (TPSA) is 44.7 Å². The lowest BCUT2D eigenvalue weighted by Gasteiger charge is -2.23. The van der Waals surface area contributed by atoms with Gasteiger partial charge in [0.25, 0.3) is 0 Å². The van der Waals surface area contributed by atoms with Gasteiger partial charge in [0.15, 0.2) is 5.17 Å². The largest absolute Gasteiger partial charge is 0.353 e. The molecule has 1 heterocycles. The number of carbonyl (C=O) groups is 1. The van der Waals surface area contributed by atoms with Crippen molar-refractivity contribution in [2.45, 2.75) is 26.8 Å². The molecule has 1 unspecified atom stereocenters. The minimum absolute atomic E-state index is 0.148. The molecule has 1 atom stereocenters. The van der Waals surface area contributed by atoms with Gasteiger partial charge in [0.1, 0.15) is 6.04 Å². The third kappa shape index (κ3) is 3.41. The summed E-state index contributed by atoms with van der Waals surface area (Å²) in [5.74, 6) is 1.17.